The van der Waals surface area contributed by atoms with Gasteiger partial charge in [-0.05, 0) is 31.4 Å². The molecule has 1 aromatic heterocycles. The summed E-state index contributed by atoms with van der Waals surface area (Å²) in [4.78, 5) is 14.3. The third kappa shape index (κ3) is 3.62. The van der Waals surface area contributed by atoms with Crippen LogP contribution in [0.5, 0.6) is 0 Å². The van der Waals surface area contributed by atoms with Gasteiger partial charge in [0.25, 0.3) is 0 Å². The minimum Gasteiger partial charge on any atom is -0.299 e. The van der Waals surface area contributed by atoms with Crippen LogP contribution in [0.15, 0.2) is 12.1 Å². The number of hydrogen-bond acceptors (Lipinski definition) is 2. The molecule has 1 aliphatic carbocycles. The Labute approximate surface area is 121 Å². The van der Waals surface area contributed by atoms with E-state index >= 15 is 0 Å². The van der Waals surface area contributed by atoms with E-state index in [0.717, 1.165) is 17.7 Å². The molecule has 1 saturated carbocycles. The van der Waals surface area contributed by atoms with Gasteiger partial charge in [-0.2, -0.15) is 13.2 Å². The van der Waals surface area contributed by atoms with Crippen LogP contribution < -0.4 is 0 Å². The number of aryl methyl sites for hydroxylation is 1. The molecule has 0 N–H and O–H groups in total. The summed E-state index contributed by atoms with van der Waals surface area (Å²) >= 11 is 1.53. The zero-order valence-corrected chi connectivity index (χ0v) is 12.3. The first kappa shape index (κ1) is 15.5. The van der Waals surface area contributed by atoms with Gasteiger partial charge >= 0.3 is 6.18 Å². The van der Waals surface area contributed by atoms with Crippen molar-refractivity contribution in [3.8, 4) is 0 Å². The van der Waals surface area contributed by atoms with Crippen molar-refractivity contribution in [1.29, 1.82) is 0 Å². The molecule has 1 fully saturated rings. The number of carbonyl (C=O) groups excluding carboxylic acids is 1. The predicted octanol–water partition coefficient (Wildman–Crippen LogP) is 4.79. The fourth-order valence-electron chi connectivity index (χ4n) is 2.92. The van der Waals surface area contributed by atoms with Crippen LogP contribution in [0.4, 0.5) is 13.2 Å². The quantitative estimate of drug-likeness (QED) is 0.781. The van der Waals surface area contributed by atoms with Crippen molar-refractivity contribution >= 4 is 17.1 Å². The topological polar surface area (TPSA) is 17.1 Å². The van der Waals surface area contributed by atoms with Crippen LogP contribution in [-0.2, 0) is 17.6 Å². The van der Waals surface area contributed by atoms with Crippen LogP contribution in [0, 0.1) is 11.8 Å². The average molecular weight is 304 g/mol. The van der Waals surface area contributed by atoms with Crippen LogP contribution in [0.25, 0.3) is 0 Å². The van der Waals surface area contributed by atoms with E-state index in [1.54, 1.807) is 0 Å². The Bertz CT molecular complexity index is 464. The summed E-state index contributed by atoms with van der Waals surface area (Å²) in [5, 5.41) is 0. The van der Waals surface area contributed by atoms with Crippen molar-refractivity contribution in [3.63, 3.8) is 0 Å². The van der Waals surface area contributed by atoms with E-state index in [1.807, 2.05) is 19.1 Å². The molecule has 2 rings (SSSR count). The third-order valence-corrected chi connectivity index (χ3v) is 5.24. The molecule has 0 amide bonds. The first-order valence-electron chi connectivity index (χ1n) is 7.08. The first-order valence-corrected chi connectivity index (χ1v) is 7.90. The van der Waals surface area contributed by atoms with E-state index in [9.17, 15) is 18.0 Å². The molecule has 0 bridgehead atoms. The molecule has 2 unspecified atom stereocenters. The number of thiophene rings is 1. The Balaban J connectivity index is 2.06. The van der Waals surface area contributed by atoms with Gasteiger partial charge in [-0.25, -0.2) is 0 Å². The molecule has 1 aromatic rings. The number of carbonyl (C=O) groups is 1. The number of ketones is 1. The van der Waals surface area contributed by atoms with Gasteiger partial charge < -0.3 is 0 Å². The van der Waals surface area contributed by atoms with Crippen LogP contribution in [0.3, 0.4) is 0 Å². The highest BCUT2D eigenvalue weighted by atomic mass is 32.1. The van der Waals surface area contributed by atoms with Gasteiger partial charge in [-0.1, -0.05) is 19.8 Å². The smallest absolute Gasteiger partial charge is 0.299 e. The van der Waals surface area contributed by atoms with Crippen LogP contribution in [-0.4, -0.2) is 12.0 Å². The maximum atomic E-state index is 13.0. The summed E-state index contributed by atoms with van der Waals surface area (Å²) in [6.45, 7) is 2.03. The molecule has 1 nitrogen and oxygen atoms in total. The van der Waals surface area contributed by atoms with Gasteiger partial charge in [0.15, 0.2) is 0 Å². The first-order chi connectivity index (χ1) is 9.41. The van der Waals surface area contributed by atoms with Gasteiger partial charge in [0.05, 0.1) is 5.92 Å². The predicted molar refractivity (Wildman–Crippen MR) is 73.9 cm³/mol. The molecule has 0 spiro atoms. The number of hydrogen-bond donors (Lipinski definition) is 0. The van der Waals surface area contributed by atoms with Crippen LogP contribution in [0.2, 0.25) is 0 Å². The van der Waals surface area contributed by atoms with Crippen molar-refractivity contribution in [2.24, 2.45) is 11.8 Å². The Morgan fingerprint density at radius 2 is 1.90 bits per heavy atom. The number of alkyl halides is 3. The second-order valence-corrected chi connectivity index (χ2v) is 6.66. The Hall–Kier alpha value is -0.840. The molecule has 1 heterocycles. The molecule has 112 valence electrons. The number of Topliss-reactive ketones (excluding diaryl/α,β-unsaturated/α-hetero) is 1. The van der Waals surface area contributed by atoms with E-state index in [1.165, 1.54) is 16.2 Å². The van der Waals surface area contributed by atoms with Crippen molar-refractivity contribution in [2.45, 2.75) is 51.6 Å². The molecule has 0 saturated heterocycles. The minimum absolute atomic E-state index is 0.102. The fraction of sp³-hybridized carbons (Fsp3) is 0.667. The summed E-state index contributed by atoms with van der Waals surface area (Å²) in [6, 6.07) is 3.82. The number of rotatable bonds is 4. The highest BCUT2D eigenvalue weighted by Crippen LogP contribution is 2.42. The Morgan fingerprint density at radius 3 is 2.50 bits per heavy atom. The van der Waals surface area contributed by atoms with Crippen molar-refractivity contribution in [3.05, 3.63) is 21.9 Å². The fourth-order valence-corrected chi connectivity index (χ4v) is 3.89. The lowest BCUT2D eigenvalue weighted by Crippen LogP contribution is -2.37. The van der Waals surface area contributed by atoms with Gasteiger partial charge in [0.2, 0.25) is 0 Å². The molecule has 1 aliphatic rings. The highest BCUT2D eigenvalue weighted by Gasteiger charge is 2.47. The lowest BCUT2D eigenvalue weighted by Gasteiger charge is -2.31. The van der Waals surface area contributed by atoms with E-state index in [-0.39, 0.29) is 18.6 Å². The van der Waals surface area contributed by atoms with Crippen LogP contribution >= 0.6 is 11.3 Å². The van der Waals surface area contributed by atoms with E-state index in [4.69, 9.17) is 0 Å². The second-order valence-electron chi connectivity index (χ2n) is 5.40. The molecule has 5 heteroatoms. The van der Waals surface area contributed by atoms with Crippen molar-refractivity contribution in [2.75, 3.05) is 0 Å². The Kier molecular flexibility index (Phi) is 4.89. The lowest BCUT2D eigenvalue weighted by atomic mass is 9.76. The molecule has 0 aromatic carbocycles. The van der Waals surface area contributed by atoms with Crippen LogP contribution in [0.1, 0.15) is 42.4 Å². The third-order valence-electron chi connectivity index (χ3n) is 4.01. The second kappa shape index (κ2) is 6.29. The van der Waals surface area contributed by atoms with Crippen molar-refractivity contribution in [1.82, 2.24) is 0 Å². The monoisotopic (exact) mass is 304 g/mol. The zero-order valence-electron chi connectivity index (χ0n) is 11.5. The number of halogens is 3. The van der Waals surface area contributed by atoms with Gasteiger partial charge in [-0.3, -0.25) is 4.79 Å². The van der Waals surface area contributed by atoms with E-state index < -0.39 is 18.0 Å². The largest absolute Gasteiger partial charge is 0.392 e. The maximum Gasteiger partial charge on any atom is 0.392 e. The molecule has 0 aliphatic heterocycles. The highest BCUT2D eigenvalue weighted by molar-refractivity contribution is 7.12. The summed E-state index contributed by atoms with van der Waals surface area (Å²) < 4.78 is 39.0. The molecular weight excluding hydrogens is 285 g/mol. The van der Waals surface area contributed by atoms with Gasteiger partial charge in [0.1, 0.15) is 5.78 Å². The standard InChI is InChI=1S/C15H19F3OS/c1-2-10-7-8-11(20-10)9-14(19)12-5-3-4-6-13(12)15(16,17)18/h7-8,12-13H,2-6,9H2,1H3. The molecule has 0 radical (unpaired) electrons. The summed E-state index contributed by atoms with van der Waals surface area (Å²) in [7, 11) is 0. The van der Waals surface area contributed by atoms with Crippen molar-refractivity contribution < 1.29 is 18.0 Å². The molecule has 20 heavy (non-hydrogen) atoms. The summed E-state index contributed by atoms with van der Waals surface area (Å²) in [5.41, 5.74) is 0. The SMILES string of the molecule is CCc1ccc(CC(=O)C2CCCCC2C(F)(F)F)s1. The molecule has 2 atom stereocenters. The summed E-state index contributed by atoms with van der Waals surface area (Å²) in [6.07, 6.45) is -1.40. The zero-order chi connectivity index (χ0) is 14.8. The normalized spacial score (nSPS) is 23.8. The average Bonchev–Trinajstić information content (AvgIpc) is 2.85. The Morgan fingerprint density at radius 1 is 1.25 bits per heavy atom. The van der Waals surface area contributed by atoms with E-state index in [0.29, 0.717) is 12.8 Å². The lowest BCUT2D eigenvalue weighted by molar-refractivity contribution is -0.197. The summed E-state index contributed by atoms with van der Waals surface area (Å²) in [5.74, 6) is -2.51. The van der Waals surface area contributed by atoms with Gasteiger partial charge in [-0.15, -0.1) is 11.3 Å². The van der Waals surface area contributed by atoms with E-state index in [2.05, 4.69) is 0 Å². The maximum absolute atomic E-state index is 13.0. The minimum atomic E-state index is -4.25. The van der Waals surface area contributed by atoms with Gasteiger partial charge in [0, 0.05) is 22.1 Å². The molecular formula is C15H19F3OS.